The number of para-hydroxylation sites is 1. The van der Waals surface area contributed by atoms with Gasteiger partial charge >= 0.3 is 0 Å². The highest BCUT2D eigenvalue weighted by Gasteiger charge is 2.28. The van der Waals surface area contributed by atoms with Gasteiger partial charge in [-0.2, -0.15) is 5.10 Å². The van der Waals surface area contributed by atoms with Crippen LogP contribution in [0.3, 0.4) is 0 Å². The summed E-state index contributed by atoms with van der Waals surface area (Å²) in [6.07, 6.45) is 3.08. The number of fused-ring (bicyclic) bond motifs is 1. The lowest BCUT2D eigenvalue weighted by molar-refractivity contribution is -0.122. The first-order valence-electron chi connectivity index (χ1n) is 10.1. The first kappa shape index (κ1) is 22.2. The van der Waals surface area contributed by atoms with Crippen molar-refractivity contribution >= 4 is 33.4 Å². The normalized spacial score (nSPS) is 13.4. The molecule has 168 valence electrons. The van der Waals surface area contributed by atoms with Crippen LogP contribution in [0.5, 0.6) is 5.75 Å². The van der Waals surface area contributed by atoms with Gasteiger partial charge in [-0.25, -0.2) is 13.4 Å². The van der Waals surface area contributed by atoms with E-state index in [0.29, 0.717) is 29.7 Å². The van der Waals surface area contributed by atoms with Crippen molar-refractivity contribution in [3.05, 3.63) is 60.4 Å². The number of amides is 1. The van der Waals surface area contributed by atoms with Crippen molar-refractivity contribution in [3.8, 4) is 5.75 Å². The molecule has 0 radical (unpaired) electrons. The summed E-state index contributed by atoms with van der Waals surface area (Å²) < 4.78 is 33.3. The monoisotopic (exact) mass is 473 g/mol. The Morgan fingerprint density at radius 3 is 2.78 bits per heavy atom. The van der Waals surface area contributed by atoms with Gasteiger partial charge in [-0.15, -0.1) is 0 Å². The van der Waals surface area contributed by atoms with Gasteiger partial charge in [0.25, 0.3) is 15.9 Å². The summed E-state index contributed by atoms with van der Waals surface area (Å²) in [6.45, 7) is 0.757. The minimum atomic E-state index is -3.67. The highest BCUT2D eigenvalue weighted by atomic mass is 32.2. The summed E-state index contributed by atoms with van der Waals surface area (Å²) in [4.78, 5) is 16.1. The number of thioether (sulfide) groups is 1. The number of aromatic nitrogens is 3. The van der Waals surface area contributed by atoms with E-state index in [1.165, 1.54) is 34.5 Å². The van der Waals surface area contributed by atoms with Gasteiger partial charge in [-0.05, 0) is 48.7 Å². The molecular weight excluding hydrogens is 450 g/mol. The molecule has 4 rings (SSSR count). The molecule has 1 aliphatic heterocycles. The van der Waals surface area contributed by atoms with Crippen LogP contribution >= 0.6 is 11.8 Å². The van der Waals surface area contributed by atoms with E-state index in [2.05, 4.69) is 20.5 Å². The Morgan fingerprint density at radius 1 is 1.19 bits per heavy atom. The molecule has 2 heterocycles. The zero-order valence-corrected chi connectivity index (χ0v) is 18.9. The Morgan fingerprint density at radius 2 is 2.00 bits per heavy atom. The first-order valence-corrected chi connectivity index (χ1v) is 12.5. The number of nitrogens with zero attached hydrogens (tertiary/aromatic N) is 3. The third-order valence-electron chi connectivity index (χ3n) is 4.91. The van der Waals surface area contributed by atoms with E-state index in [4.69, 9.17) is 4.74 Å². The maximum absolute atomic E-state index is 13.2. The molecule has 11 heteroatoms. The van der Waals surface area contributed by atoms with Crippen LogP contribution in [0.2, 0.25) is 0 Å². The fourth-order valence-corrected chi connectivity index (χ4v) is 5.56. The van der Waals surface area contributed by atoms with Crippen molar-refractivity contribution < 1.29 is 17.9 Å². The van der Waals surface area contributed by atoms with Crippen molar-refractivity contribution in [3.63, 3.8) is 0 Å². The lowest BCUT2D eigenvalue weighted by atomic mass is 10.0. The maximum atomic E-state index is 13.2. The van der Waals surface area contributed by atoms with Gasteiger partial charge in [0, 0.05) is 18.8 Å². The van der Waals surface area contributed by atoms with Crippen LogP contribution in [-0.2, 0) is 21.2 Å². The van der Waals surface area contributed by atoms with Crippen LogP contribution in [0.4, 0.5) is 5.69 Å². The molecule has 1 amide bonds. The second-order valence-electron chi connectivity index (χ2n) is 7.06. The molecule has 9 nitrogen and oxygen atoms in total. The van der Waals surface area contributed by atoms with Crippen LogP contribution in [-0.4, -0.2) is 55.0 Å². The van der Waals surface area contributed by atoms with Gasteiger partial charge < -0.3 is 10.1 Å². The minimum absolute atomic E-state index is 0.154. The number of ether oxygens (including phenoxy) is 1. The minimum Gasteiger partial charge on any atom is -0.484 e. The fraction of sp³-hybridized carbons (Fsp3) is 0.286. The SMILES string of the molecule is O=C(COc1ccc(S(=O)(=O)N2CCCc3ccccc32)cc1)NCCSc1ncn[nH]1. The average molecular weight is 474 g/mol. The molecule has 2 aromatic carbocycles. The second-order valence-corrected chi connectivity index (χ2v) is 10.0. The topological polar surface area (TPSA) is 117 Å². The van der Waals surface area contributed by atoms with Crippen molar-refractivity contribution in [2.45, 2.75) is 22.9 Å². The third kappa shape index (κ3) is 5.22. The molecule has 0 unspecified atom stereocenters. The van der Waals surface area contributed by atoms with Gasteiger partial charge in [0.15, 0.2) is 11.8 Å². The van der Waals surface area contributed by atoms with E-state index in [0.717, 1.165) is 24.1 Å². The van der Waals surface area contributed by atoms with Crippen molar-refractivity contribution in [1.29, 1.82) is 0 Å². The zero-order valence-electron chi connectivity index (χ0n) is 17.2. The Hall–Kier alpha value is -3.05. The number of aromatic amines is 1. The fourth-order valence-electron chi connectivity index (χ4n) is 3.39. The van der Waals surface area contributed by atoms with Crippen LogP contribution < -0.4 is 14.4 Å². The molecule has 0 atom stereocenters. The highest BCUT2D eigenvalue weighted by Crippen LogP contribution is 2.32. The summed E-state index contributed by atoms with van der Waals surface area (Å²) in [7, 11) is -3.67. The standard InChI is InChI=1S/C21H23N5O4S2/c27-20(22-11-13-31-21-23-15-24-25-21)14-30-17-7-9-18(10-8-17)32(28,29)26-12-3-5-16-4-1-2-6-19(16)26/h1-2,4,6-10,15H,3,5,11-14H2,(H,22,27)(H,23,24,25). The van der Waals surface area contributed by atoms with Crippen molar-refractivity contribution in [2.75, 3.05) is 29.8 Å². The Balaban J connectivity index is 1.30. The first-order chi connectivity index (χ1) is 15.5. The lowest BCUT2D eigenvalue weighted by Crippen LogP contribution is -2.35. The van der Waals surface area contributed by atoms with E-state index in [-0.39, 0.29) is 17.4 Å². The molecule has 32 heavy (non-hydrogen) atoms. The predicted molar refractivity (Wildman–Crippen MR) is 121 cm³/mol. The van der Waals surface area contributed by atoms with E-state index in [1.807, 2.05) is 24.3 Å². The number of sulfonamides is 1. The lowest BCUT2D eigenvalue weighted by Gasteiger charge is -2.30. The number of H-pyrrole nitrogens is 1. The van der Waals surface area contributed by atoms with E-state index < -0.39 is 10.0 Å². The van der Waals surface area contributed by atoms with Gasteiger partial charge in [0.05, 0.1) is 10.6 Å². The number of aryl methyl sites for hydroxylation is 1. The molecule has 0 fully saturated rings. The van der Waals surface area contributed by atoms with E-state index in [9.17, 15) is 13.2 Å². The zero-order chi connectivity index (χ0) is 22.4. The number of carbonyl (C=O) groups is 1. The van der Waals surface area contributed by atoms with Gasteiger partial charge in [0.2, 0.25) is 0 Å². The Bertz CT molecular complexity index is 1150. The Labute approximate surface area is 190 Å². The second kappa shape index (κ2) is 10.0. The number of anilines is 1. The van der Waals surface area contributed by atoms with Gasteiger partial charge in [-0.1, -0.05) is 30.0 Å². The number of carbonyl (C=O) groups excluding carboxylic acids is 1. The molecular formula is C21H23N5O4S2. The van der Waals surface area contributed by atoms with Crippen molar-refractivity contribution in [2.24, 2.45) is 0 Å². The molecule has 0 saturated heterocycles. The molecule has 1 aliphatic rings. The molecule has 0 spiro atoms. The molecule has 1 aromatic heterocycles. The highest BCUT2D eigenvalue weighted by molar-refractivity contribution is 7.99. The number of hydrogen-bond acceptors (Lipinski definition) is 7. The maximum Gasteiger partial charge on any atom is 0.264 e. The summed E-state index contributed by atoms with van der Waals surface area (Å²) >= 11 is 1.45. The quantitative estimate of drug-likeness (QED) is 0.361. The molecule has 0 saturated carbocycles. The summed E-state index contributed by atoms with van der Waals surface area (Å²) in [6, 6.07) is 13.7. The third-order valence-corrected chi connectivity index (χ3v) is 7.61. The van der Waals surface area contributed by atoms with Crippen LogP contribution in [0.1, 0.15) is 12.0 Å². The smallest absolute Gasteiger partial charge is 0.264 e. The van der Waals surface area contributed by atoms with Crippen LogP contribution in [0, 0.1) is 0 Å². The van der Waals surface area contributed by atoms with E-state index in [1.54, 1.807) is 12.1 Å². The van der Waals surface area contributed by atoms with Crippen LogP contribution in [0.15, 0.2) is 64.9 Å². The largest absolute Gasteiger partial charge is 0.484 e. The predicted octanol–water partition coefficient (Wildman–Crippen LogP) is 2.23. The molecule has 2 N–H and O–H groups in total. The molecule has 0 aliphatic carbocycles. The summed E-state index contributed by atoms with van der Waals surface area (Å²) in [5.41, 5.74) is 1.77. The number of benzene rings is 2. The van der Waals surface area contributed by atoms with Crippen LogP contribution in [0.25, 0.3) is 0 Å². The molecule has 3 aromatic rings. The average Bonchev–Trinajstić information content (AvgIpc) is 3.34. The summed E-state index contributed by atoms with van der Waals surface area (Å²) in [5, 5.41) is 9.93. The Kier molecular flexibility index (Phi) is 6.96. The molecule has 0 bridgehead atoms. The van der Waals surface area contributed by atoms with Gasteiger partial charge in [0.1, 0.15) is 12.1 Å². The number of hydrogen-bond donors (Lipinski definition) is 2. The van der Waals surface area contributed by atoms with Gasteiger partial charge in [-0.3, -0.25) is 14.2 Å². The number of nitrogens with one attached hydrogen (secondary N) is 2. The van der Waals surface area contributed by atoms with E-state index >= 15 is 0 Å². The summed E-state index contributed by atoms with van der Waals surface area (Å²) in [5.74, 6) is 0.812. The van der Waals surface area contributed by atoms with Crippen molar-refractivity contribution in [1.82, 2.24) is 20.5 Å². The number of rotatable bonds is 9.